The van der Waals surface area contributed by atoms with Crippen LogP contribution in [0.2, 0.25) is 0 Å². The lowest BCUT2D eigenvalue weighted by atomic mass is 10.1. The number of fused-ring (bicyclic) bond motifs is 1. The highest BCUT2D eigenvalue weighted by Gasteiger charge is 2.16. The van der Waals surface area contributed by atoms with Crippen LogP contribution < -0.4 is 4.74 Å². The van der Waals surface area contributed by atoms with E-state index in [0.717, 1.165) is 16.7 Å². The van der Waals surface area contributed by atoms with Crippen LogP contribution in [0.15, 0.2) is 24.3 Å². The third-order valence-electron chi connectivity index (χ3n) is 3.01. The Morgan fingerprint density at radius 3 is 2.63 bits per heavy atom. The molecule has 0 atom stereocenters. The molecule has 5 nitrogen and oxygen atoms in total. The van der Waals surface area contributed by atoms with Crippen LogP contribution >= 0.6 is 0 Å². The van der Waals surface area contributed by atoms with Crippen LogP contribution in [0.25, 0.3) is 10.9 Å². The molecule has 0 aliphatic carbocycles. The second-order valence-electron chi connectivity index (χ2n) is 4.17. The van der Waals surface area contributed by atoms with E-state index in [2.05, 4.69) is 4.98 Å². The zero-order valence-electron chi connectivity index (χ0n) is 11.4. The smallest absolute Gasteiger partial charge is 0.279 e. The Morgan fingerprint density at radius 1 is 1.26 bits per heavy atom. The van der Waals surface area contributed by atoms with Gasteiger partial charge in [-0.2, -0.15) is 0 Å². The van der Waals surface area contributed by atoms with Crippen molar-refractivity contribution in [2.75, 3.05) is 21.3 Å². The number of pyridine rings is 1. The second kappa shape index (κ2) is 5.24. The molecule has 0 fully saturated rings. The van der Waals surface area contributed by atoms with Crippen LogP contribution in [0.3, 0.4) is 0 Å². The van der Waals surface area contributed by atoms with Crippen molar-refractivity contribution in [3.8, 4) is 5.75 Å². The molecular formula is C14H16N2O3. The highest BCUT2D eigenvalue weighted by atomic mass is 16.7. The van der Waals surface area contributed by atoms with E-state index >= 15 is 0 Å². The fraction of sp³-hybridized carbons (Fsp3) is 0.286. The van der Waals surface area contributed by atoms with Gasteiger partial charge in [0.1, 0.15) is 5.75 Å². The zero-order valence-corrected chi connectivity index (χ0v) is 11.4. The normalized spacial score (nSPS) is 10.5. The Morgan fingerprint density at radius 2 is 2.00 bits per heavy atom. The van der Waals surface area contributed by atoms with Crippen molar-refractivity contribution >= 4 is 16.8 Å². The molecule has 1 heterocycles. The molecule has 0 saturated heterocycles. The monoisotopic (exact) mass is 260 g/mol. The molecular weight excluding hydrogens is 244 g/mol. The number of benzene rings is 1. The first kappa shape index (κ1) is 13.3. The number of carbonyl (C=O) groups is 1. The summed E-state index contributed by atoms with van der Waals surface area (Å²) in [6.45, 7) is 1.80. The number of ether oxygens (including phenoxy) is 1. The number of carbonyl (C=O) groups excluding carboxylic acids is 1. The molecule has 100 valence electrons. The van der Waals surface area contributed by atoms with Gasteiger partial charge in [0.25, 0.3) is 5.91 Å². The molecule has 2 aromatic rings. The number of aromatic nitrogens is 1. The summed E-state index contributed by atoms with van der Waals surface area (Å²) in [6.07, 6.45) is 0. The fourth-order valence-corrected chi connectivity index (χ4v) is 1.84. The molecule has 0 aliphatic rings. The Kier molecular flexibility index (Phi) is 3.66. The molecule has 19 heavy (non-hydrogen) atoms. The Balaban J connectivity index is 2.53. The van der Waals surface area contributed by atoms with Gasteiger partial charge in [0.05, 0.1) is 31.0 Å². The van der Waals surface area contributed by atoms with E-state index < -0.39 is 0 Å². The molecule has 0 radical (unpaired) electrons. The number of nitrogens with zero attached hydrogens (tertiary/aromatic N) is 2. The van der Waals surface area contributed by atoms with Gasteiger partial charge in [-0.1, -0.05) is 0 Å². The van der Waals surface area contributed by atoms with Crippen molar-refractivity contribution in [2.24, 2.45) is 0 Å². The molecule has 1 aromatic heterocycles. The molecule has 0 bridgehead atoms. The first-order valence-electron chi connectivity index (χ1n) is 5.84. The van der Waals surface area contributed by atoms with Crippen LogP contribution in [0.1, 0.15) is 16.1 Å². The van der Waals surface area contributed by atoms with Crippen molar-refractivity contribution in [2.45, 2.75) is 6.92 Å². The van der Waals surface area contributed by atoms with Crippen molar-refractivity contribution in [1.29, 1.82) is 0 Å². The largest absolute Gasteiger partial charge is 0.497 e. The third-order valence-corrected chi connectivity index (χ3v) is 3.01. The van der Waals surface area contributed by atoms with Gasteiger partial charge in [-0.3, -0.25) is 14.6 Å². The number of amides is 1. The third kappa shape index (κ3) is 2.51. The average molecular weight is 260 g/mol. The van der Waals surface area contributed by atoms with Crippen LogP contribution in [-0.2, 0) is 4.84 Å². The van der Waals surface area contributed by atoms with Gasteiger partial charge in [-0.05, 0) is 25.1 Å². The molecule has 5 heteroatoms. The summed E-state index contributed by atoms with van der Waals surface area (Å²) in [4.78, 5) is 21.4. The van der Waals surface area contributed by atoms with Gasteiger partial charge in [-0.25, -0.2) is 5.06 Å². The molecule has 0 spiro atoms. The maximum Gasteiger partial charge on any atom is 0.279 e. The highest BCUT2D eigenvalue weighted by Crippen LogP contribution is 2.22. The van der Waals surface area contributed by atoms with Crippen LogP contribution in [0, 0.1) is 6.92 Å². The summed E-state index contributed by atoms with van der Waals surface area (Å²) in [5, 5.41) is 2.07. The van der Waals surface area contributed by atoms with E-state index in [4.69, 9.17) is 9.57 Å². The van der Waals surface area contributed by atoms with E-state index in [1.54, 1.807) is 21.1 Å². The summed E-state index contributed by atoms with van der Waals surface area (Å²) < 4.78 is 5.16. The molecule has 1 amide bonds. The minimum absolute atomic E-state index is 0.217. The van der Waals surface area contributed by atoms with Crippen LogP contribution in [-0.4, -0.2) is 37.2 Å². The van der Waals surface area contributed by atoms with Crippen LogP contribution in [0.4, 0.5) is 0 Å². The van der Waals surface area contributed by atoms with Crippen molar-refractivity contribution in [3.63, 3.8) is 0 Å². The number of hydrogen-bond acceptors (Lipinski definition) is 4. The Labute approximate surface area is 111 Å². The van der Waals surface area contributed by atoms with Crippen molar-refractivity contribution in [3.05, 3.63) is 35.5 Å². The van der Waals surface area contributed by atoms with E-state index in [1.165, 1.54) is 12.2 Å². The molecule has 0 saturated carbocycles. The van der Waals surface area contributed by atoms with Crippen LogP contribution in [0.5, 0.6) is 5.75 Å². The van der Waals surface area contributed by atoms with Gasteiger partial charge in [0.2, 0.25) is 0 Å². The number of aryl methyl sites for hydroxylation is 1. The summed E-state index contributed by atoms with van der Waals surface area (Å²) in [5.41, 5.74) is 1.99. The highest BCUT2D eigenvalue weighted by molar-refractivity contribution is 5.98. The van der Waals surface area contributed by atoms with Gasteiger partial charge < -0.3 is 4.74 Å². The zero-order chi connectivity index (χ0) is 14.0. The van der Waals surface area contributed by atoms with Crippen molar-refractivity contribution in [1.82, 2.24) is 10.0 Å². The summed E-state index contributed by atoms with van der Waals surface area (Å²) in [6, 6.07) is 7.38. The maximum absolute atomic E-state index is 12.1. The number of hydroxylamine groups is 2. The first-order chi connectivity index (χ1) is 9.06. The molecule has 0 N–H and O–H groups in total. The molecule has 1 aromatic carbocycles. The maximum atomic E-state index is 12.1. The standard InChI is InChI=1S/C14H16N2O3/c1-9-12(14(17)16(2)19-4)7-10-5-6-11(18-3)8-13(10)15-9/h5-8H,1-4H3. The quantitative estimate of drug-likeness (QED) is 0.794. The first-order valence-corrected chi connectivity index (χ1v) is 5.84. The Bertz CT molecular complexity index is 625. The van der Waals surface area contributed by atoms with Crippen molar-refractivity contribution < 1.29 is 14.4 Å². The minimum atomic E-state index is -0.217. The summed E-state index contributed by atoms with van der Waals surface area (Å²) in [5.74, 6) is 0.526. The Hall–Kier alpha value is -2.14. The number of hydrogen-bond donors (Lipinski definition) is 0. The molecule has 0 unspecified atom stereocenters. The van der Waals surface area contributed by atoms with Gasteiger partial charge in [0.15, 0.2) is 0 Å². The summed E-state index contributed by atoms with van der Waals surface area (Å²) in [7, 11) is 4.63. The fourth-order valence-electron chi connectivity index (χ4n) is 1.84. The predicted molar refractivity (Wildman–Crippen MR) is 72.1 cm³/mol. The van der Waals surface area contributed by atoms with Gasteiger partial charge in [-0.15, -0.1) is 0 Å². The average Bonchev–Trinajstić information content (AvgIpc) is 2.44. The van der Waals surface area contributed by atoms with E-state index in [0.29, 0.717) is 11.3 Å². The lowest BCUT2D eigenvalue weighted by Gasteiger charge is -2.15. The lowest BCUT2D eigenvalue weighted by molar-refractivity contribution is -0.0757. The second-order valence-corrected chi connectivity index (χ2v) is 4.17. The predicted octanol–water partition coefficient (Wildman–Crippen LogP) is 2.19. The van der Waals surface area contributed by atoms with E-state index in [-0.39, 0.29) is 5.91 Å². The van der Waals surface area contributed by atoms with Gasteiger partial charge in [0, 0.05) is 18.5 Å². The summed E-state index contributed by atoms with van der Waals surface area (Å²) >= 11 is 0. The topological polar surface area (TPSA) is 51.7 Å². The number of rotatable bonds is 3. The van der Waals surface area contributed by atoms with E-state index in [1.807, 2.05) is 24.3 Å². The lowest BCUT2D eigenvalue weighted by Crippen LogP contribution is -2.26. The SMILES string of the molecule is COc1ccc2cc(C(=O)N(C)OC)c(C)nc2c1. The van der Waals surface area contributed by atoms with E-state index in [9.17, 15) is 4.79 Å². The number of methoxy groups -OCH3 is 1. The molecule has 2 rings (SSSR count). The molecule has 0 aliphatic heterocycles. The minimum Gasteiger partial charge on any atom is -0.497 e. The van der Waals surface area contributed by atoms with Gasteiger partial charge >= 0.3 is 0 Å².